The van der Waals surface area contributed by atoms with Crippen LogP contribution in [0.4, 0.5) is 5.13 Å². The third kappa shape index (κ3) is 3.58. The number of rotatable bonds is 5. The number of amides is 1. The molecule has 1 fully saturated rings. The number of hydrogen-bond acceptors (Lipinski definition) is 6. The van der Waals surface area contributed by atoms with Crippen LogP contribution in [0.15, 0.2) is 54.3 Å². The second-order valence-corrected chi connectivity index (χ2v) is 7.85. The first kappa shape index (κ1) is 17.8. The van der Waals surface area contributed by atoms with E-state index in [0.717, 1.165) is 35.2 Å². The highest BCUT2D eigenvalue weighted by atomic mass is 32.1. The van der Waals surface area contributed by atoms with E-state index in [1.807, 2.05) is 40.3 Å². The van der Waals surface area contributed by atoms with Crippen LogP contribution in [0.25, 0.3) is 16.9 Å². The molecule has 1 aromatic carbocycles. The molecule has 29 heavy (non-hydrogen) atoms. The number of imidazole rings is 1. The lowest BCUT2D eigenvalue weighted by Gasteiger charge is -2.12. The molecule has 0 radical (unpaired) electrons. The minimum atomic E-state index is -0.176. The minimum Gasteiger partial charge on any atom is -0.348 e. The lowest BCUT2D eigenvalue weighted by Crippen LogP contribution is -2.23. The SMILES string of the molecule is O=C(NCc1csc(N2CCCC2)n1)c1cnc2c(c1)ncn2-c1ccccc1. The Labute approximate surface area is 172 Å². The number of aromatic nitrogens is 4. The second kappa shape index (κ2) is 7.63. The second-order valence-electron chi connectivity index (χ2n) is 7.02. The molecular formula is C21H20N6OS. The number of carbonyl (C=O) groups excluding carboxylic acids is 1. The topological polar surface area (TPSA) is 75.9 Å². The van der Waals surface area contributed by atoms with Crippen molar-refractivity contribution in [3.05, 3.63) is 65.6 Å². The average Bonchev–Trinajstić information content (AvgIpc) is 3.52. The first-order valence-corrected chi connectivity index (χ1v) is 10.5. The normalized spacial score (nSPS) is 13.9. The number of anilines is 1. The Morgan fingerprint density at radius 3 is 2.79 bits per heavy atom. The van der Waals surface area contributed by atoms with Crippen molar-refractivity contribution in [1.82, 2.24) is 24.8 Å². The van der Waals surface area contributed by atoms with E-state index in [1.165, 1.54) is 12.8 Å². The summed E-state index contributed by atoms with van der Waals surface area (Å²) in [6.07, 6.45) is 5.77. The lowest BCUT2D eigenvalue weighted by molar-refractivity contribution is 0.0950. The maximum atomic E-state index is 12.6. The maximum Gasteiger partial charge on any atom is 0.253 e. The Bertz CT molecular complexity index is 1150. The van der Waals surface area contributed by atoms with Crippen LogP contribution in [0.2, 0.25) is 0 Å². The Morgan fingerprint density at radius 1 is 1.14 bits per heavy atom. The summed E-state index contributed by atoms with van der Waals surface area (Å²) in [5, 5.41) is 5.99. The molecule has 1 N–H and O–H groups in total. The first-order valence-electron chi connectivity index (χ1n) is 9.64. The molecule has 1 saturated heterocycles. The van der Waals surface area contributed by atoms with E-state index < -0.39 is 0 Å². The molecule has 0 aliphatic carbocycles. The van der Waals surface area contributed by atoms with Crippen LogP contribution in [0.3, 0.4) is 0 Å². The monoisotopic (exact) mass is 404 g/mol. The van der Waals surface area contributed by atoms with Gasteiger partial charge in [0, 0.05) is 30.4 Å². The van der Waals surface area contributed by atoms with Crippen molar-refractivity contribution in [3.63, 3.8) is 0 Å². The predicted molar refractivity (Wildman–Crippen MR) is 114 cm³/mol. The Hall–Kier alpha value is -3.26. The molecule has 5 rings (SSSR count). The van der Waals surface area contributed by atoms with Gasteiger partial charge >= 0.3 is 0 Å². The number of thiazole rings is 1. The molecule has 4 aromatic rings. The van der Waals surface area contributed by atoms with Crippen molar-refractivity contribution in [2.45, 2.75) is 19.4 Å². The van der Waals surface area contributed by atoms with Gasteiger partial charge in [0.05, 0.1) is 17.8 Å². The van der Waals surface area contributed by atoms with Gasteiger partial charge in [-0.15, -0.1) is 11.3 Å². The number of para-hydroxylation sites is 1. The molecule has 0 unspecified atom stereocenters. The number of benzene rings is 1. The summed E-state index contributed by atoms with van der Waals surface area (Å²) in [5.41, 5.74) is 3.77. The summed E-state index contributed by atoms with van der Waals surface area (Å²) < 4.78 is 1.91. The maximum absolute atomic E-state index is 12.6. The van der Waals surface area contributed by atoms with Crippen molar-refractivity contribution >= 4 is 33.5 Å². The minimum absolute atomic E-state index is 0.176. The van der Waals surface area contributed by atoms with Crippen LogP contribution in [0, 0.1) is 0 Å². The molecule has 146 valence electrons. The zero-order valence-corrected chi connectivity index (χ0v) is 16.6. The molecule has 8 heteroatoms. The number of fused-ring (bicyclic) bond motifs is 1. The summed E-state index contributed by atoms with van der Waals surface area (Å²) in [6, 6.07) is 11.7. The van der Waals surface area contributed by atoms with Crippen LogP contribution in [-0.2, 0) is 6.54 Å². The van der Waals surface area contributed by atoms with Gasteiger partial charge in [0.1, 0.15) is 11.8 Å². The van der Waals surface area contributed by atoms with Crippen molar-refractivity contribution in [2.75, 3.05) is 18.0 Å². The Kier molecular flexibility index (Phi) is 4.69. The van der Waals surface area contributed by atoms with Crippen molar-refractivity contribution in [2.24, 2.45) is 0 Å². The zero-order valence-electron chi connectivity index (χ0n) is 15.8. The quantitative estimate of drug-likeness (QED) is 0.552. The highest BCUT2D eigenvalue weighted by Gasteiger charge is 2.16. The molecular weight excluding hydrogens is 384 g/mol. The largest absolute Gasteiger partial charge is 0.348 e. The molecule has 0 atom stereocenters. The highest BCUT2D eigenvalue weighted by molar-refractivity contribution is 7.13. The van der Waals surface area contributed by atoms with Gasteiger partial charge in [-0.3, -0.25) is 9.36 Å². The smallest absolute Gasteiger partial charge is 0.253 e. The van der Waals surface area contributed by atoms with E-state index in [4.69, 9.17) is 0 Å². The van der Waals surface area contributed by atoms with Gasteiger partial charge in [0.2, 0.25) is 0 Å². The van der Waals surface area contributed by atoms with Crippen LogP contribution in [0.1, 0.15) is 28.9 Å². The fourth-order valence-electron chi connectivity index (χ4n) is 3.51. The van der Waals surface area contributed by atoms with E-state index in [2.05, 4.69) is 25.2 Å². The number of pyridine rings is 1. The molecule has 0 saturated carbocycles. The summed E-state index contributed by atoms with van der Waals surface area (Å²) in [7, 11) is 0. The summed E-state index contributed by atoms with van der Waals surface area (Å²) in [5.74, 6) is -0.176. The molecule has 7 nitrogen and oxygen atoms in total. The van der Waals surface area contributed by atoms with Crippen LogP contribution in [0.5, 0.6) is 0 Å². The number of nitrogens with zero attached hydrogens (tertiary/aromatic N) is 5. The van der Waals surface area contributed by atoms with Gasteiger partial charge in [-0.25, -0.2) is 15.0 Å². The zero-order chi connectivity index (χ0) is 19.6. The van der Waals surface area contributed by atoms with E-state index >= 15 is 0 Å². The van der Waals surface area contributed by atoms with Gasteiger partial charge in [-0.05, 0) is 31.0 Å². The Morgan fingerprint density at radius 2 is 1.97 bits per heavy atom. The lowest BCUT2D eigenvalue weighted by atomic mass is 10.2. The Balaban J connectivity index is 1.29. The standard InChI is InChI=1S/C21H20N6OS/c28-20(23-12-16-13-29-21(25-16)26-8-4-5-9-26)15-10-18-19(22-11-15)27(14-24-18)17-6-2-1-3-7-17/h1-3,6-7,10-11,13-14H,4-5,8-9,12H2,(H,23,28). The molecule has 0 spiro atoms. The predicted octanol–water partition coefficient (Wildman–Crippen LogP) is 3.41. The number of carbonyl (C=O) groups is 1. The number of hydrogen-bond donors (Lipinski definition) is 1. The van der Waals surface area contributed by atoms with Gasteiger partial charge in [0.15, 0.2) is 10.8 Å². The molecule has 3 aromatic heterocycles. The van der Waals surface area contributed by atoms with Crippen LogP contribution in [-0.4, -0.2) is 38.5 Å². The van der Waals surface area contributed by atoms with Crippen LogP contribution < -0.4 is 10.2 Å². The van der Waals surface area contributed by atoms with Gasteiger partial charge in [-0.2, -0.15) is 0 Å². The molecule has 1 amide bonds. The highest BCUT2D eigenvalue weighted by Crippen LogP contribution is 2.24. The summed E-state index contributed by atoms with van der Waals surface area (Å²) in [4.78, 5) is 28.4. The first-order chi connectivity index (χ1) is 14.3. The van der Waals surface area contributed by atoms with E-state index in [9.17, 15) is 4.79 Å². The fraction of sp³-hybridized carbons (Fsp3) is 0.238. The molecule has 1 aliphatic heterocycles. The summed E-state index contributed by atoms with van der Waals surface area (Å²) >= 11 is 1.64. The van der Waals surface area contributed by atoms with Gasteiger partial charge < -0.3 is 10.2 Å². The third-order valence-electron chi connectivity index (χ3n) is 5.03. The van der Waals surface area contributed by atoms with Crippen molar-refractivity contribution in [1.29, 1.82) is 0 Å². The molecule has 0 bridgehead atoms. The molecule has 4 heterocycles. The van der Waals surface area contributed by atoms with Gasteiger partial charge in [-0.1, -0.05) is 18.2 Å². The third-order valence-corrected chi connectivity index (χ3v) is 5.98. The van der Waals surface area contributed by atoms with Gasteiger partial charge in [0.25, 0.3) is 5.91 Å². The van der Waals surface area contributed by atoms with E-state index in [-0.39, 0.29) is 5.91 Å². The van der Waals surface area contributed by atoms with Crippen molar-refractivity contribution in [3.8, 4) is 5.69 Å². The van der Waals surface area contributed by atoms with Crippen molar-refractivity contribution < 1.29 is 4.79 Å². The van der Waals surface area contributed by atoms with E-state index in [0.29, 0.717) is 17.6 Å². The average molecular weight is 404 g/mol. The molecule has 1 aliphatic rings. The summed E-state index contributed by atoms with van der Waals surface area (Å²) in [6.45, 7) is 2.54. The van der Waals surface area contributed by atoms with E-state index in [1.54, 1.807) is 29.9 Å². The number of nitrogens with one attached hydrogen (secondary N) is 1. The van der Waals surface area contributed by atoms with Crippen LogP contribution >= 0.6 is 11.3 Å². The fourth-order valence-corrected chi connectivity index (χ4v) is 4.39.